The number of hydrogen-bond acceptors (Lipinski definition) is 4. The second kappa shape index (κ2) is 4.79. The van der Waals surface area contributed by atoms with Crippen molar-refractivity contribution in [1.29, 1.82) is 0 Å². The minimum absolute atomic E-state index is 0.198. The average Bonchev–Trinajstić information content (AvgIpc) is 3.10. The van der Waals surface area contributed by atoms with Crippen LogP contribution in [0.25, 0.3) is 27.1 Å². The first-order valence-electron chi connectivity index (χ1n) is 6.55. The molecule has 0 radical (unpaired) electrons. The third-order valence-electron chi connectivity index (χ3n) is 3.37. The van der Waals surface area contributed by atoms with E-state index in [1.165, 1.54) is 0 Å². The molecular weight excluding hydrogens is 304 g/mol. The topological polar surface area (TPSA) is 43.6 Å². The molecule has 0 spiro atoms. The highest BCUT2D eigenvalue weighted by Gasteiger charge is 2.17. The van der Waals surface area contributed by atoms with Crippen LogP contribution >= 0.6 is 22.9 Å². The van der Waals surface area contributed by atoms with Crippen molar-refractivity contribution < 1.29 is 0 Å². The zero-order chi connectivity index (χ0) is 14.4. The molecule has 21 heavy (non-hydrogen) atoms. The van der Waals surface area contributed by atoms with Crippen LogP contribution in [-0.2, 0) is 0 Å². The molecule has 4 aromatic rings. The van der Waals surface area contributed by atoms with Gasteiger partial charge in [-0.05, 0) is 37.3 Å². The number of rotatable bonds is 2. The van der Waals surface area contributed by atoms with Gasteiger partial charge in [0.1, 0.15) is 11.3 Å². The summed E-state index contributed by atoms with van der Waals surface area (Å²) in [5, 5.41) is -0.198. The Bertz CT molecular complexity index is 941. The molecule has 1 aromatic carbocycles. The minimum atomic E-state index is -0.198. The summed E-state index contributed by atoms with van der Waals surface area (Å²) in [5.74, 6) is 0.800. The number of alkyl halides is 1. The van der Waals surface area contributed by atoms with Crippen molar-refractivity contribution in [2.75, 3.05) is 0 Å². The van der Waals surface area contributed by atoms with Gasteiger partial charge in [-0.15, -0.1) is 22.9 Å². The lowest BCUT2D eigenvalue weighted by molar-refractivity contribution is 0.878. The molecule has 1 atom stereocenters. The van der Waals surface area contributed by atoms with Crippen LogP contribution < -0.4 is 0 Å². The Balaban J connectivity index is 2.05. The summed E-state index contributed by atoms with van der Waals surface area (Å²) in [6.07, 6.45) is 1.77. The molecule has 0 bridgehead atoms. The van der Waals surface area contributed by atoms with Crippen LogP contribution in [0, 0.1) is 0 Å². The van der Waals surface area contributed by atoms with Gasteiger partial charge in [-0.1, -0.05) is 0 Å². The van der Waals surface area contributed by atoms with Crippen LogP contribution in [0.15, 0.2) is 42.0 Å². The zero-order valence-electron chi connectivity index (χ0n) is 11.2. The van der Waals surface area contributed by atoms with Crippen molar-refractivity contribution in [1.82, 2.24) is 19.5 Å². The number of fused-ring (bicyclic) bond motifs is 2. The van der Waals surface area contributed by atoms with E-state index < -0.39 is 0 Å². The molecule has 104 valence electrons. The van der Waals surface area contributed by atoms with Gasteiger partial charge in [-0.2, -0.15) is 0 Å². The number of imidazole rings is 1. The Kier molecular flexibility index (Phi) is 2.90. The summed E-state index contributed by atoms with van der Waals surface area (Å²) < 4.78 is 3.16. The Hall–Kier alpha value is -1.98. The molecule has 0 aliphatic carbocycles. The van der Waals surface area contributed by atoms with Gasteiger partial charge >= 0.3 is 0 Å². The molecule has 0 amide bonds. The van der Waals surface area contributed by atoms with Crippen molar-refractivity contribution in [3.05, 3.63) is 47.9 Å². The first-order chi connectivity index (χ1) is 10.2. The molecule has 0 fully saturated rings. The Morgan fingerprint density at radius 2 is 2.10 bits per heavy atom. The van der Waals surface area contributed by atoms with Crippen molar-refractivity contribution >= 4 is 44.3 Å². The van der Waals surface area contributed by atoms with Crippen LogP contribution in [0.5, 0.6) is 0 Å². The number of thiazole rings is 1. The second-order valence-electron chi connectivity index (χ2n) is 4.77. The smallest absolute Gasteiger partial charge is 0.164 e. The van der Waals surface area contributed by atoms with Crippen LogP contribution in [0.4, 0.5) is 0 Å². The lowest BCUT2D eigenvalue weighted by Gasteiger charge is -2.09. The maximum absolute atomic E-state index is 6.31. The number of pyridine rings is 1. The second-order valence-corrected chi connectivity index (χ2v) is 6.31. The number of nitrogens with zero attached hydrogens (tertiary/aromatic N) is 4. The lowest BCUT2D eigenvalue weighted by Crippen LogP contribution is -2.02. The Labute approximate surface area is 130 Å². The molecule has 6 heteroatoms. The van der Waals surface area contributed by atoms with E-state index in [4.69, 9.17) is 11.6 Å². The largest absolute Gasteiger partial charge is 0.279 e. The summed E-state index contributed by atoms with van der Waals surface area (Å²) in [6, 6.07) is 9.98. The highest BCUT2D eigenvalue weighted by atomic mass is 35.5. The van der Waals surface area contributed by atoms with Gasteiger partial charge < -0.3 is 0 Å². The van der Waals surface area contributed by atoms with Gasteiger partial charge in [0.05, 0.1) is 26.8 Å². The van der Waals surface area contributed by atoms with Crippen LogP contribution in [0.2, 0.25) is 0 Å². The molecule has 0 saturated heterocycles. The van der Waals surface area contributed by atoms with E-state index in [2.05, 4.69) is 21.0 Å². The van der Waals surface area contributed by atoms with Gasteiger partial charge in [0.15, 0.2) is 5.65 Å². The van der Waals surface area contributed by atoms with E-state index >= 15 is 0 Å². The fraction of sp³-hybridized carbons (Fsp3) is 0.133. The lowest BCUT2D eigenvalue weighted by atomic mass is 10.3. The molecule has 4 nitrogen and oxygen atoms in total. The van der Waals surface area contributed by atoms with Gasteiger partial charge in [0.25, 0.3) is 0 Å². The third-order valence-corrected chi connectivity index (χ3v) is 4.36. The molecule has 1 unspecified atom stereocenters. The number of aromatic nitrogens is 4. The fourth-order valence-corrected chi connectivity index (χ4v) is 3.29. The Morgan fingerprint density at radius 1 is 1.19 bits per heavy atom. The van der Waals surface area contributed by atoms with E-state index in [0.29, 0.717) is 0 Å². The van der Waals surface area contributed by atoms with E-state index in [9.17, 15) is 0 Å². The number of hydrogen-bond donors (Lipinski definition) is 0. The molecule has 0 N–H and O–H groups in total. The van der Waals surface area contributed by atoms with Crippen molar-refractivity contribution in [3.8, 4) is 5.69 Å². The SMILES string of the molecule is CC(Cl)c1nc2cccnc2n1-c1ccc2ncsc2c1. The normalized spacial score (nSPS) is 13.0. The maximum Gasteiger partial charge on any atom is 0.164 e. The molecular formula is C15H11ClN4S. The molecule has 3 heterocycles. The monoisotopic (exact) mass is 314 g/mol. The highest BCUT2D eigenvalue weighted by molar-refractivity contribution is 7.16. The summed E-state index contributed by atoms with van der Waals surface area (Å²) in [7, 11) is 0. The summed E-state index contributed by atoms with van der Waals surface area (Å²) in [6.45, 7) is 1.92. The summed E-state index contributed by atoms with van der Waals surface area (Å²) in [5.41, 5.74) is 5.54. The zero-order valence-corrected chi connectivity index (χ0v) is 12.8. The van der Waals surface area contributed by atoms with E-state index in [0.717, 1.165) is 32.9 Å². The van der Waals surface area contributed by atoms with Crippen LogP contribution in [0.1, 0.15) is 18.1 Å². The van der Waals surface area contributed by atoms with Crippen molar-refractivity contribution in [2.24, 2.45) is 0 Å². The van der Waals surface area contributed by atoms with Gasteiger partial charge in [-0.3, -0.25) is 4.57 Å². The summed E-state index contributed by atoms with van der Waals surface area (Å²) >= 11 is 7.93. The number of benzene rings is 1. The molecule has 0 saturated carbocycles. The number of halogens is 1. The van der Waals surface area contributed by atoms with E-state index in [1.54, 1.807) is 17.5 Å². The van der Waals surface area contributed by atoms with Crippen LogP contribution in [-0.4, -0.2) is 19.5 Å². The molecule has 4 rings (SSSR count). The van der Waals surface area contributed by atoms with Gasteiger partial charge in [0.2, 0.25) is 0 Å². The quantitative estimate of drug-likeness (QED) is 0.517. The first-order valence-corrected chi connectivity index (χ1v) is 7.87. The minimum Gasteiger partial charge on any atom is -0.279 e. The fourth-order valence-electron chi connectivity index (χ4n) is 2.43. The maximum atomic E-state index is 6.31. The predicted molar refractivity (Wildman–Crippen MR) is 86.3 cm³/mol. The van der Waals surface area contributed by atoms with E-state index in [1.807, 2.05) is 41.3 Å². The average molecular weight is 315 g/mol. The third kappa shape index (κ3) is 2.01. The highest BCUT2D eigenvalue weighted by Crippen LogP contribution is 2.29. The molecule has 0 aliphatic heterocycles. The standard InChI is InChI=1S/C15H11ClN4S/c1-9(16)14-19-12-3-2-6-17-15(12)20(14)10-4-5-11-13(7-10)21-8-18-11/h2-9H,1H3. The molecule has 3 aromatic heterocycles. The first kappa shape index (κ1) is 12.7. The van der Waals surface area contributed by atoms with Gasteiger partial charge in [0, 0.05) is 6.20 Å². The summed E-state index contributed by atoms with van der Waals surface area (Å²) in [4.78, 5) is 13.4. The predicted octanol–water partition coefficient (Wildman–Crippen LogP) is 4.33. The van der Waals surface area contributed by atoms with Crippen molar-refractivity contribution in [2.45, 2.75) is 12.3 Å². The molecule has 0 aliphatic rings. The Morgan fingerprint density at radius 3 is 2.95 bits per heavy atom. The van der Waals surface area contributed by atoms with Crippen molar-refractivity contribution in [3.63, 3.8) is 0 Å². The van der Waals surface area contributed by atoms with E-state index in [-0.39, 0.29) is 5.38 Å². The van der Waals surface area contributed by atoms with Gasteiger partial charge in [-0.25, -0.2) is 15.0 Å². The van der Waals surface area contributed by atoms with Crippen LogP contribution in [0.3, 0.4) is 0 Å².